The van der Waals surface area contributed by atoms with Crippen molar-refractivity contribution >= 4 is 0 Å². The summed E-state index contributed by atoms with van der Waals surface area (Å²) in [5.41, 5.74) is 3.18. The Balaban J connectivity index is 2.50. The molecule has 1 aromatic carbocycles. The number of methoxy groups -OCH3 is 1. The van der Waals surface area contributed by atoms with Gasteiger partial charge in [0, 0.05) is 29.6 Å². The second kappa shape index (κ2) is 5.60. The molecule has 0 saturated carbocycles. The third-order valence-corrected chi connectivity index (χ3v) is 3.03. The molecule has 1 heterocycles. The lowest BCUT2D eigenvalue weighted by Crippen LogP contribution is -2.12. The summed E-state index contributed by atoms with van der Waals surface area (Å²) in [6.45, 7) is 2.12. The van der Waals surface area contributed by atoms with Crippen LogP contribution in [-0.2, 0) is 0 Å². The van der Waals surface area contributed by atoms with E-state index in [1.807, 2.05) is 13.1 Å². The fourth-order valence-electron chi connectivity index (χ4n) is 1.83. The van der Waals surface area contributed by atoms with Gasteiger partial charge in [-0.1, -0.05) is 6.07 Å². The molecular formula is C14H17N3O. The molecular weight excluding hydrogens is 226 g/mol. The van der Waals surface area contributed by atoms with Crippen LogP contribution in [0.4, 0.5) is 0 Å². The highest BCUT2D eigenvalue weighted by molar-refractivity contribution is 5.70. The normalized spacial score (nSPS) is 12.2. The highest BCUT2D eigenvalue weighted by Crippen LogP contribution is 2.31. The second-order valence-electron chi connectivity index (χ2n) is 4.10. The highest BCUT2D eigenvalue weighted by Gasteiger charge is 2.10. The quantitative estimate of drug-likeness (QED) is 0.896. The minimum atomic E-state index is 0.291. The van der Waals surface area contributed by atoms with Crippen LogP contribution in [-0.4, -0.2) is 24.1 Å². The molecule has 0 fully saturated rings. The van der Waals surface area contributed by atoms with Crippen LogP contribution in [0.15, 0.2) is 36.9 Å². The van der Waals surface area contributed by atoms with Crippen LogP contribution in [0.5, 0.6) is 5.75 Å². The topological polar surface area (TPSA) is 47.0 Å². The van der Waals surface area contributed by atoms with E-state index in [1.54, 1.807) is 19.5 Å². The van der Waals surface area contributed by atoms with E-state index in [1.165, 1.54) is 11.9 Å². The van der Waals surface area contributed by atoms with Crippen molar-refractivity contribution in [1.29, 1.82) is 0 Å². The Hall–Kier alpha value is -1.94. The summed E-state index contributed by atoms with van der Waals surface area (Å²) in [6.07, 6.45) is 5.10. The van der Waals surface area contributed by atoms with E-state index in [2.05, 4.69) is 34.3 Å². The average Bonchev–Trinajstić information content (AvgIpc) is 2.46. The Morgan fingerprint density at radius 3 is 2.56 bits per heavy atom. The minimum absolute atomic E-state index is 0.291. The molecule has 1 unspecified atom stereocenters. The molecule has 4 heteroatoms. The van der Waals surface area contributed by atoms with Crippen LogP contribution in [0.1, 0.15) is 18.5 Å². The van der Waals surface area contributed by atoms with Gasteiger partial charge >= 0.3 is 0 Å². The zero-order chi connectivity index (χ0) is 13.0. The van der Waals surface area contributed by atoms with Gasteiger partial charge in [-0.2, -0.15) is 0 Å². The van der Waals surface area contributed by atoms with E-state index < -0.39 is 0 Å². The summed E-state index contributed by atoms with van der Waals surface area (Å²) >= 11 is 0. The minimum Gasteiger partial charge on any atom is -0.496 e. The Morgan fingerprint density at radius 2 is 1.94 bits per heavy atom. The highest BCUT2D eigenvalue weighted by atomic mass is 16.5. The predicted octanol–water partition coefficient (Wildman–Crippen LogP) is 2.43. The standard InChI is InChI=1S/C14H17N3O/c1-10(15-2)11-4-5-14(18-3)13(6-11)12-7-16-9-17-8-12/h4-10,15H,1-3H3. The average molecular weight is 243 g/mol. The predicted molar refractivity (Wildman–Crippen MR) is 71.5 cm³/mol. The number of ether oxygens (including phenoxy) is 1. The SMILES string of the molecule is CNC(C)c1ccc(OC)c(-c2cncnc2)c1. The van der Waals surface area contributed by atoms with Crippen molar-refractivity contribution in [3.05, 3.63) is 42.5 Å². The van der Waals surface area contributed by atoms with Crippen molar-refractivity contribution in [2.75, 3.05) is 14.2 Å². The number of hydrogen-bond acceptors (Lipinski definition) is 4. The molecule has 0 amide bonds. The van der Waals surface area contributed by atoms with Gasteiger partial charge in [0.2, 0.25) is 0 Å². The zero-order valence-electron chi connectivity index (χ0n) is 10.8. The lowest BCUT2D eigenvalue weighted by atomic mass is 10.0. The van der Waals surface area contributed by atoms with Crippen LogP contribution in [0.3, 0.4) is 0 Å². The van der Waals surface area contributed by atoms with Crippen molar-refractivity contribution in [1.82, 2.24) is 15.3 Å². The van der Waals surface area contributed by atoms with Gasteiger partial charge in [0.05, 0.1) is 7.11 Å². The first-order valence-electron chi connectivity index (χ1n) is 5.87. The van der Waals surface area contributed by atoms with Gasteiger partial charge < -0.3 is 10.1 Å². The molecule has 0 spiro atoms. The summed E-state index contributed by atoms with van der Waals surface area (Å²) in [6, 6.07) is 6.44. The van der Waals surface area contributed by atoms with E-state index in [0.717, 1.165) is 16.9 Å². The molecule has 2 rings (SSSR count). The second-order valence-corrected chi connectivity index (χ2v) is 4.10. The van der Waals surface area contributed by atoms with Crippen LogP contribution in [0.2, 0.25) is 0 Å². The van der Waals surface area contributed by atoms with E-state index >= 15 is 0 Å². The monoisotopic (exact) mass is 243 g/mol. The Bertz CT molecular complexity index is 514. The largest absolute Gasteiger partial charge is 0.496 e. The molecule has 0 aliphatic carbocycles. The van der Waals surface area contributed by atoms with Crippen LogP contribution in [0, 0.1) is 0 Å². The maximum absolute atomic E-state index is 5.39. The van der Waals surface area contributed by atoms with Crippen molar-refractivity contribution < 1.29 is 4.74 Å². The van der Waals surface area contributed by atoms with Gasteiger partial charge in [-0.15, -0.1) is 0 Å². The molecule has 0 aliphatic heterocycles. The fourth-order valence-corrected chi connectivity index (χ4v) is 1.83. The number of hydrogen-bond donors (Lipinski definition) is 1. The molecule has 4 nitrogen and oxygen atoms in total. The van der Waals surface area contributed by atoms with Gasteiger partial charge in [0.15, 0.2) is 0 Å². The molecule has 1 atom stereocenters. The summed E-state index contributed by atoms with van der Waals surface area (Å²) in [5, 5.41) is 3.23. The van der Waals surface area contributed by atoms with Crippen molar-refractivity contribution in [2.45, 2.75) is 13.0 Å². The number of aromatic nitrogens is 2. The third-order valence-electron chi connectivity index (χ3n) is 3.03. The van der Waals surface area contributed by atoms with Gasteiger partial charge in [0.25, 0.3) is 0 Å². The molecule has 1 N–H and O–H groups in total. The van der Waals surface area contributed by atoms with Crippen LogP contribution >= 0.6 is 0 Å². The van der Waals surface area contributed by atoms with Crippen LogP contribution < -0.4 is 10.1 Å². The first-order valence-corrected chi connectivity index (χ1v) is 5.87. The lowest BCUT2D eigenvalue weighted by molar-refractivity contribution is 0.416. The molecule has 18 heavy (non-hydrogen) atoms. The molecule has 0 aliphatic rings. The van der Waals surface area contributed by atoms with Gasteiger partial charge in [-0.05, 0) is 31.7 Å². The van der Waals surface area contributed by atoms with Crippen molar-refractivity contribution in [2.24, 2.45) is 0 Å². The maximum Gasteiger partial charge on any atom is 0.126 e. The summed E-state index contributed by atoms with van der Waals surface area (Å²) in [5.74, 6) is 0.830. The Labute approximate surface area is 107 Å². The van der Waals surface area contributed by atoms with E-state index in [4.69, 9.17) is 4.74 Å². The number of benzene rings is 1. The molecule has 0 saturated heterocycles. The number of nitrogens with one attached hydrogen (secondary N) is 1. The Morgan fingerprint density at radius 1 is 1.22 bits per heavy atom. The number of rotatable bonds is 4. The molecule has 2 aromatic rings. The lowest BCUT2D eigenvalue weighted by Gasteiger charge is -2.14. The third kappa shape index (κ3) is 2.49. The molecule has 0 bridgehead atoms. The molecule has 1 aromatic heterocycles. The van der Waals surface area contributed by atoms with E-state index in [-0.39, 0.29) is 0 Å². The van der Waals surface area contributed by atoms with Gasteiger partial charge in [-0.25, -0.2) is 9.97 Å². The summed E-state index contributed by atoms with van der Waals surface area (Å²) < 4.78 is 5.39. The van der Waals surface area contributed by atoms with Gasteiger partial charge in [0.1, 0.15) is 12.1 Å². The first kappa shape index (κ1) is 12.5. The van der Waals surface area contributed by atoms with E-state index in [0.29, 0.717) is 6.04 Å². The van der Waals surface area contributed by atoms with Gasteiger partial charge in [-0.3, -0.25) is 0 Å². The molecule has 0 radical (unpaired) electrons. The van der Waals surface area contributed by atoms with E-state index in [9.17, 15) is 0 Å². The first-order chi connectivity index (χ1) is 8.76. The maximum atomic E-state index is 5.39. The summed E-state index contributed by atoms with van der Waals surface area (Å²) in [7, 11) is 3.62. The Kier molecular flexibility index (Phi) is 3.89. The zero-order valence-corrected chi connectivity index (χ0v) is 10.8. The number of nitrogens with zero attached hydrogens (tertiary/aromatic N) is 2. The van der Waals surface area contributed by atoms with Crippen LogP contribution in [0.25, 0.3) is 11.1 Å². The van der Waals surface area contributed by atoms with Crippen molar-refractivity contribution in [3.8, 4) is 16.9 Å². The smallest absolute Gasteiger partial charge is 0.126 e. The summed E-state index contributed by atoms with van der Waals surface area (Å²) in [4.78, 5) is 8.10. The molecule has 94 valence electrons. The fraction of sp³-hybridized carbons (Fsp3) is 0.286. The van der Waals surface area contributed by atoms with Crippen molar-refractivity contribution in [3.63, 3.8) is 0 Å².